The number of pyridine rings is 2. The molecule has 1 aromatic carbocycles. The molecule has 8 nitrogen and oxygen atoms in total. The second-order valence-corrected chi connectivity index (χ2v) is 7.86. The Morgan fingerprint density at radius 3 is 2.65 bits per heavy atom. The van der Waals surface area contributed by atoms with Crippen LogP contribution in [0.5, 0.6) is 0 Å². The number of amides is 2. The number of carbonyl (C=O) groups is 2. The van der Waals surface area contributed by atoms with E-state index in [0.717, 1.165) is 40.3 Å². The molecule has 8 heteroatoms. The lowest BCUT2D eigenvalue weighted by molar-refractivity contribution is -0.137. The highest BCUT2D eigenvalue weighted by Crippen LogP contribution is 2.31. The number of hydrogen-bond acceptors (Lipinski definition) is 6. The standard InChI is InChI=1S/C23H22N6O2/c1-14-4-7-26-11-17(14)15-8-16-10-20(27-12-18(16)19(25)9-15)28-21(30)22(31)29-23(13-24)5-2-3-6-23/h4,7-12H,2-3,5-6,25H2,1H3,(H,29,31)(H,27,28,30). The van der Waals surface area contributed by atoms with Crippen molar-refractivity contribution in [1.82, 2.24) is 15.3 Å². The quantitative estimate of drug-likeness (QED) is 0.445. The van der Waals surface area contributed by atoms with E-state index in [4.69, 9.17) is 5.73 Å². The highest BCUT2D eigenvalue weighted by molar-refractivity contribution is 6.39. The molecule has 0 bridgehead atoms. The average Bonchev–Trinajstić information content (AvgIpc) is 3.22. The van der Waals surface area contributed by atoms with E-state index in [1.807, 2.05) is 25.1 Å². The molecule has 4 N–H and O–H groups in total. The van der Waals surface area contributed by atoms with Crippen LogP contribution in [0.1, 0.15) is 31.2 Å². The molecular weight excluding hydrogens is 392 g/mol. The van der Waals surface area contributed by atoms with E-state index in [-0.39, 0.29) is 5.82 Å². The molecule has 31 heavy (non-hydrogen) atoms. The van der Waals surface area contributed by atoms with Crippen LogP contribution in [-0.2, 0) is 9.59 Å². The first-order valence-corrected chi connectivity index (χ1v) is 10.1. The van der Waals surface area contributed by atoms with E-state index in [1.54, 1.807) is 24.7 Å². The van der Waals surface area contributed by atoms with Crippen molar-refractivity contribution in [3.63, 3.8) is 0 Å². The largest absolute Gasteiger partial charge is 0.398 e. The number of nitrogens with two attached hydrogens (primary N) is 1. The molecule has 0 aliphatic heterocycles. The molecule has 1 fully saturated rings. The fourth-order valence-corrected chi connectivity index (χ4v) is 3.97. The minimum Gasteiger partial charge on any atom is -0.398 e. The lowest BCUT2D eigenvalue weighted by Crippen LogP contribution is -2.49. The van der Waals surface area contributed by atoms with Crippen LogP contribution in [0.15, 0.2) is 42.9 Å². The molecule has 2 heterocycles. The first-order chi connectivity index (χ1) is 14.9. The minimum absolute atomic E-state index is 0.226. The van der Waals surface area contributed by atoms with Gasteiger partial charge in [-0.15, -0.1) is 0 Å². The summed E-state index contributed by atoms with van der Waals surface area (Å²) in [6.07, 6.45) is 7.86. The summed E-state index contributed by atoms with van der Waals surface area (Å²) in [4.78, 5) is 33.1. The third-order valence-corrected chi connectivity index (χ3v) is 5.69. The van der Waals surface area contributed by atoms with Gasteiger partial charge < -0.3 is 16.4 Å². The zero-order valence-corrected chi connectivity index (χ0v) is 17.1. The number of anilines is 2. The van der Waals surface area contributed by atoms with Crippen LogP contribution >= 0.6 is 0 Å². The molecule has 2 aromatic heterocycles. The summed E-state index contributed by atoms with van der Waals surface area (Å²) >= 11 is 0. The second-order valence-electron chi connectivity index (χ2n) is 7.86. The fourth-order valence-electron chi connectivity index (χ4n) is 3.97. The van der Waals surface area contributed by atoms with Crippen molar-refractivity contribution in [1.29, 1.82) is 5.26 Å². The predicted octanol–water partition coefficient (Wildman–Crippen LogP) is 3.08. The molecule has 1 saturated carbocycles. The third-order valence-electron chi connectivity index (χ3n) is 5.69. The summed E-state index contributed by atoms with van der Waals surface area (Å²) in [5.41, 5.74) is 8.73. The van der Waals surface area contributed by atoms with Crippen molar-refractivity contribution in [3.05, 3.63) is 48.4 Å². The molecule has 1 aliphatic carbocycles. The van der Waals surface area contributed by atoms with Crippen LogP contribution in [0.2, 0.25) is 0 Å². The summed E-state index contributed by atoms with van der Waals surface area (Å²) < 4.78 is 0. The van der Waals surface area contributed by atoms with Gasteiger partial charge in [0.1, 0.15) is 11.4 Å². The molecule has 0 atom stereocenters. The number of hydrogen-bond donors (Lipinski definition) is 3. The summed E-state index contributed by atoms with van der Waals surface area (Å²) in [5.74, 6) is -1.48. The van der Waals surface area contributed by atoms with Crippen LogP contribution < -0.4 is 16.4 Å². The number of carbonyl (C=O) groups excluding carboxylic acids is 2. The Labute approximate surface area is 179 Å². The highest BCUT2D eigenvalue weighted by Gasteiger charge is 2.37. The van der Waals surface area contributed by atoms with Gasteiger partial charge in [-0.1, -0.05) is 0 Å². The first kappa shape index (κ1) is 20.3. The summed E-state index contributed by atoms with van der Waals surface area (Å²) in [6, 6.07) is 9.53. The van der Waals surface area contributed by atoms with Gasteiger partial charge in [0, 0.05) is 35.2 Å². The summed E-state index contributed by atoms with van der Waals surface area (Å²) in [7, 11) is 0. The second kappa shape index (κ2) is 8.03. The molecule has 0 unspecified atom stereocenters. The molecule has 1 aliphatic rings. The molecule has 0 saturated heterocycles. The van der Waals surface area contributed by atoms with Gasteiger partial charge in [-0.25, -0.2) is 4.98 Å². The number of nitrogens with zero attached hydrogens (tertiary/aromatic N) is 3. The lowest BCUT2D eigenvalue weighted by atomic mass is 9.99. The van der Waals surface area contributed by atoms with Crippen molar-refractivity contribution >= 4 is 34.1 Å². The van der Waals surface area contributed by atoms with Gasteiger partial charge in [0.05, 0.1) is 6.07 Å². The minimum atomic E-state index is -0.962. The molecular formula is C23H22N6O2. The Hall–Kier alpha value is -3.99. The monoisotopic (exact) mass is 414 g/mol. The van der Waals surface area contributed by atoms with E-state index in [9.17, 15) is 14.9 Å². The Morgan fingerprint density at radius 2 is 1.94 bits per heavy atom. The fraction of sp³-hybridized carbons (Fsp3) is 0.261. The van der Waals surface area contributed by atoms with Crippen LogP contribution in [-0.4, -0.2) is 27.3 Å². The number of benzene rings is 1. The molecule has 0 spiro atoms. The Kier molecular flexibility index (Phi) is 5.26. The summed E-state index contributed by atoms with van der Waals surface area (Å²) in [5, 5.41) is 16.0. The number of nitrogens with one attached hydrogen (secondary N) is 2. The molecule has 2 amide bonds. The maximum absolute atomic E-state index is 12.4. The van der Waals surface area contributed by atoms with E-state index in [1.165, 1.54) is 0 Å². The Balaban J connectivity index is 1.58. The predicted molar refractivity (Wildman–Crippen MR) is 118 cm³/mol. The van der Waals surface area contributed by atoms with Gasteiger partial charge in [-0.2, -0.15) is 5.26 Å². The Bertz CT molecular complexity index is 1220. The van der Waals surface area contributed by atoms with Crippen LogP contribution in [0.25, 0.3) is 21.9 Å². The number of nitriles is 1. The van der Waals surface area contributed by atoms with Crippen LogP contribution in [0.3, 0.4) is 0 Å². The van der Waals surface area contributed by atoms with Crippen molar-refractivity contribution < 1.29 is 9.59 Å². The van der Waals surface area contributed by atoms with Gasteiger partial charge >= 0.3 is 11.8 Å². The normalized spacial score (nSPS) is 14.7. The van der Waals surface area contributed by atoms with E-state index in [2.05, 4.69) is 26.7 Å². The van der Waals surface area contributed by atoms with Gasteiger partial charge in [0.25, 0.3) is 0 Å². The van der Waals surface area contributed by atoms with E-state index >= 15 is 0 Å². The maximum atomic E-state index is 12.4. The molecule has 156 valence electrons. The molecule has 4 rings (SSSR count). The first-order valence-electron chi connectivity index (χ1n) is 10.1. The maximum Gasteiger partial charge on any atom is 0.314 e. The number of fused-ring (bicyclic) bond motifs is 1. The smallest absolute Gasteiger partial charge is 0.314 e. The van der Waals surface area contributed by atoms with Crippen molar-refractivity contribution in [2.24, 2.45) is 0 Å². The number of aromatic nitrogens is 2. The molecule has 3 aromatic rings. The van der Waals surface area contributed by atoms with Crippen LogP contribution in [0, 0.1) is 18.3 Å². The summed E-state index contributed by atoms with van der Waals surface area (Å²) in [6.45, 7) is 1.99. The topological polar surface area (TPSA) is 134 Å². The number of rotatable bonds is 3. The van der Waals surface area contributed by atoms with Crippen LogP contribution in [0.4, 0.5) is 11.5 Å². The average molecular weight is 414 g/mol. The van der Waals surface area contributed by atoms with Crippen molar-refractivity contribution in [3.8, 4) is 17.2 Å². The zero-order chi connectivity index (χ0) is 22.0. The number of nitrogen functional groups attached to an aromatic ring is 1. The number of aryl methyl sites for hydroxylation is 1. The highest BCUT2D eigenvalue weighted by atomic mass is 16.2. The van der Waals surface area contributed by atoms with Gasteiger partial charge in [-0.05, 0) is 73.4 Å². The van der Waals surface area contributed by atoms with Crippen molar-refractivity contribution in [2.75, 3.05) is 11.1 Å². The van der Waals surface area contributed by atoms with Crippen molar-refractivity contribution in [2.45, 2.75) is 38.1 Å². The third kappa shape index (κ3) is 4.03. The van der Waals surface area contributed by atoms with Gasteiger partial charge in [-0.3, -0.25) is 14.6 Å². The lowest BCUT2D eigenvalue weighted by Gasteiger charge is -2.21. The van der Waals surface area contributed by atoms with Gasteiger partial charge in [0.2, 0.25) is 0 Å². The Morgan fingerprint density at radius 1 is 1.16 bits per heavy atom. The van der Waals surface area contributed by atoms with E-state index in [0.29, 0.717) is 18.5 Å². The van der Waals surface area contributed by atoms with Gasteiger partial charge in [0.15, 0.2) is 0 Å². The zero-order valence-electron chi connectivity index (χ0n) is 17.1. The molecule has 0 radical (unpaired) electrons. The SMILES string of the molecule is Cc1ccncc1-c1cc(N)c2cnc(NC(=O)C(=O)NC3(C#N)CCCC3)cc2c1. The van der Waals surface area contributed by atoms with E-state index < -0.39 is 17.4 Å².